The number of anilines is 3. The van der Waals surface area contributed by atoms with Crippen LogP contribution in [0.4, 0.5) is 21.9 Å². The first-order valence-electron chi connectivity index (χ1n) is 10.0. The van der Waals surface area contributed by atoms with Crippen molar-refractivity contribution in [1.82, 2.24) is 5.32 Å². The summed E-state index contributed by atoms with van der Waals surface area (Å²) in [5.74, 6) is -0.220. The Labute approximate surface area is 197 Å². The van der Waals surface area contributed by atoms with Gasteiger partial charge < -0.3 is 20.9 Å². The molecule has 6 nitrogen and oxygen atoms in total. The molecule has 0 radical (unpaired) electrons. The minimum Gasteiger partial charge on any atom is -0.377 e. The number of carbonyl (C=O) groups excluding carboxylic acids is 2. The molecule has 0 spiro atoms. The van der Waals surface area contributed by atoms with Crippen LogP contribution in [0.15, 0.2) is 66.7 Å². The molecule has 8 heteroatoms. The maximum Gasteiger partial charge on any atom is 0.323 e. The van der Waals surface area contributed by atoms with Crippen molar-refractivity contribution < 1.29 is 9.59 Å². The Morgan fingerprint density at radius 3 is 2.22 bits per heavy atom. The monoisotopic (exact) mass is 470 g/mol. The van der Waals surface area contributed by atoms with E-state index in [0.717, 1.165) is 17.7 Å². The van der Waals surface area contributed by atoms with Crippen LogP contribution in [-0.2, 0) is 6.42 Å². The van der Waals surface area contributed by atoms with Gasteiger partial charge in [-0.3, -0.25) is 4.79 Å². The molecule has 0 aliphatic rings. The molecule has 166 valence electrons. The van der Waals surface area contributed by atoms with Gasteiger partial charge in [0.1, 0.15) is 0 Å². The number of hydrogen-bond donors (Lipinski definition) is 3. The Hall–Kier alpha value is -3.22. The van der Waals surface area contributed by atoms with Crippen LogP contribution in [-0.4, -0.2) is 32.6 Å². The molecule has 3 N–H and O–H groups in total. The van der Waals surface area contributed by atoms with Crippen LogP contribution >= 0.6 is 23.2 Å². The van der Waals surface area contributed by atoms with Crippen molar-refractivity contribution in [3.05, 3.63) is 87.9 Å². The third-order valence-corrected chi connectivity index (χ3v) is 5.35. The Kier molecular flexibility index (Phi) is 7.98. The summed E-state index contributed by atoms with van der Waals surface area (Å²) >= 11 is 12.2. The lowest BCUT2D eigenvalue weighted by molar-refractivity contribution is 0.0954. The maximum atomic E-state index is 12.9. The molecule has 0 saturated heterocycles. The summed E-state index contributed by atoms with van der Waals surface area (Å²) in [6.45, 7) is 0.499. The fraction of sp³-hybridized carbons (Fsp3) is 0.167. The molecule has 0 heterocycles. The topological polar surface area (TPSA) is 73.5 Å². The first-order valence-corrected chi connectivity index (χ1v) is 10.8. The smallest absolute Gasteiger partial charge is 0.323 e. The summed E-state index contributed by atoms with van der Waals surface area (Å²) in [6, 6.07) is 19.5. The zero-order valence-electron chi connectivity index (χ0n) is 17.8. The third kappa shape index (κ3) is 6.15. The van der Waals surface area contributed by atoms with E-state index in [2.05, 4.69) is 16.0 Å². The number of halogens is 2. The molecule has 0 atom stereocenters. The van der Waals surface area contributed by atoms with E-state index in [-0.39, 0.29) is 5.91 Å². The van der Waals surface area contributed by atoms with E-state index in [4.69, 9.17) is 23.2 Å². The molecule has 0 aliphatic carbocycles. The Bertz CT molecular complexity index is 1080. The van der Waals surface area contributed by atoms with E-state index in [1.54, 1.807) is 36.4 Å². The number of rotatable bonds is 7. The summed E-state index contributed by atoms with van der Waals surface area (Å²) in [5.41, 5.74) is 3.12. The summed E-state index contributed by atoms with van der Waals surface area (Å²) in [4.78, 5) is 27.2. The molecular formula is C24H24Cl2N4O2. The van der Waals surface area contributed by atoms with E-state index in [9.17, 15) is 9.59 Å². The van der Waals surface area contributed by atoms with Gasteiger partial charge in [0.15, 0.2) is 0 Å². The number of urea groups is 1. The fourth-order valence-electron chi connectivity index (χ4n) is 3.14. The number of amides is 3. The summed E-state index contributed by atoms with van der Waals surface area (Å²) < 4.78 is 0. The Morgan fingerprint density at radius 2 is 1.56 bits per heavy atom. The molecule has 3 aromatic rings. The first kappa shape index (κ1) is 23.4. The second kappa shape index (κ2) is 10.9. The highest BCUT2D eigenvalue weighted by Gasteiger charge is 2.15. The van der Waals surface area contributed by atoms with Gasteiger partial charge in [-0.25, -0.2) is 4.79 Å². The molecule has 0 unspecified atom stereocenters. The zero-order chi connectivity index (χ0) is 23.1. The summed E-state index contributed by atoms with van der Waals surface area (Å²) in [6.07, 6.45) is 0.725. The van der Waals surface area contributed by atoms with Crippen molar-refractivity contribution in [3.8, 4) is 0 Å². The average Bonchev–Trinajstić information content (AvgIpc) is 2.77. The van der Waals surface area contributed by atoms with Crippen molar-refractivity contribution in [2.24, 2.45) is 0 Å². The van der Waals surface area contributed by atoms with Crippen molar-refractivity contribution in [1.29, 1.82) is 0 Å². The van der Waals surface area contributed by atoms with Crippen molar-refractivity contribution in [2.45, 2.75) is 6.42 Å². The lowest BCUT2D eigenvalue weighted by atomic mass is 10.1. The highest BCUT2D eigenvalue weighted by molar-refractivity contribution is 6.39. The quantitative estimate of drug-likeness (QED) is 0.416. The number of nitrogens with zero attached hydrogens (tertiary/aromatic N) is 1. The van der Waals surface area contributed by atoms with Gasteiger partial charge in [0.2, 0.25) is 0 Å². The molecule has 0 fully saturated rings. The first-order chi connectivity index (χ1) is 15.3. The Balaban J connectivity index is 1.70. The van der Waals surface area contributed by atoms with E-state index >= 15 is 0 Å². The van der Waals surface area contributed by atoms with Crippen LogP contribution in [0.2, 0.25) is 10.0 Å². The Morgan fingerprint density at radius 1 is 0.875 bits per heavy atom. The van der Waals surface area contributed by atoms with Gasteiger partial charge in [0, 0.05) is 32.0 Å². The van der Waals surface area contributed by atoms with Crippen LogP contribution in [0.25, 0.3) is 0 Å². The van der Waals surface area contributed by atoms with Crippen molar-refractivity contribution in [3.63, 3.8) is 0 Å². The van der Waals surface area contributed by atoms with Gasteiger partial charge in [-0.1, -0.05) is 59.6 Å². The number of hydrogen-bond acceptors (Lipinski definition) is 3. The van der Waals surface area contributed by atoms with E-state index in [1.807, 2.05) is 49.3 Å². The van der Waals surface area contributed by atoms with Crippen LogP contribution in [0.3, 0.4) is 0 Å². The third-order valence-electron chi connectivity index (χ3n) is 4.72. The van der Waals surface area contributed by atoms with E-state index in [1.165, 1.54) is 0 Å². The summed E-state index contributed by atoms with van der Waals surface area (Å²) in [5, 5.41) is 8.97. The van der Waals surface area contributed by atoms with Crippen LogP contribution < -0.4 is 20.9 Å². The molecular weight excluding hydrogens is 447 g/mol. The zero-order valence-corrected chi connectivity index (χ0v) is 19.3. The highest BCUT2D eigenvalue weighted by Crippen LogP contribution is 2.30. The number of carbonyl (C=O) groups is 2. The van der Waals surface area contributed by atoms with Gasteiger partial charge in [-0.15, -0.1) is 0 Å². The average molecular weight is 471 g/mol. The highest BCUT2D eigenvalue weighted by atomic mass is 35.5. The van der Waals surface area contributed by atoms with Gasteiger partial charge in [-0.05, 0) is 42.3 Å². The molecule has 3 aromatic carbocycles. The molecule has 0 aliphatic heterocycles. The largest absolute Gasteiger partial charge is 0.377 e. The van der Waals surface area contributed by atoms with Crippen LogP contribution in [0.1, 0.15) is 15.9 Å². The molecule has 32 heavy (non-hydrogen) atoms. The van der Waals surface area contributed by atoms with Gasteiger partial charge in [-0.2, -0.15) is 0 Å². The maximum absolute atomic E-state index is 12.9. The SMILES string of the molecule is CN(C)c1ccc(NC(=O)Nc2c(Cl)cccc2Cl)cc1C(=O)NCCc1ccccc1. The van der Waals surface area contributed by atoms with Crippen LogP contribution in [0.5, 0.6) is 0 Å². The van der Waals surface area contributed by atoms with Crippen LogP contribution in [0, 0.1) is 0 Å². The van der Waals surface area contributed by atoms with Gasteiger partial charge >= 0.3 is 6.03 Å². The normalized spacial score (nSPS) is 10.4. The van der Waals surface area contributed by atoms with Gasteiger partial charge in [0.05, 0.1) is 21.3 Å². The molecule has 3 rings (SSSR count). The van der Waals surface area contributed by atoms with Crippen molar-refractivity contribution in [2.75, 3.05) is 36.2 Å². The number of benzene rings is 3. The van der Waals surface area contributed by atoms with E-state index in [0.29, 0.717) is 33.5 Å². The fourth-order valence-corrected chi connectivity index (χ4v) is 3.63. The molecule has 0 aromatic heterocycles. The predicted octanol–water partition coefficient (Wildman–Crippen LogP) is 5.68. The second-order valence-electron chi connectivity index (χ2n) is 7.29. The molecule has 3 amide bonds. The van der Waals surface area contributed by atoms with Crippen molar-refractivity contribution >= 4 is 52.2 Å². The minimum absolute atomic E-state index is 0.220. The summed E-state index contributed by atoms with van der Waals surface area (Å²) in [7, 11) is 3.71. The minimum atomic E-state index is -0.520. The molecule has 0 bridgehead atoms. The standard InChI is InChI=1S/C24H24Cl2N4O2/c1-30(2)21-12-11-17(28-24(32)29-22-19(25)9-6-10-20(22)26)15-18(21)23(31)27-14-13-16-7-4-3-5-8-16/h3-12,15H,13-14H2,1-2H3,(H,27,31)(H2,28,29,32). The predicted molar refractivity (Wildman–Crippen MR) is 132 cm³/mol. The molecule has 0 saturated carbocycles. The lowest BCUT2D eigenvalue weighted by Gasteiger charge is -2.19. The second-order valence-corrected chi connectivity index (χ2v) is 8.11. The lowest BCUT2D eigenvalue weighted by Crippen LogP contribution is -2.28. The number of nitrogens with one attached hydrogen (secondary N) is 3. The van der Waals surface area contributed by atoms with E-state index < -0.39 is 6.03 Å². The van der Waals surface area contributed by atoms with Gasteiger partial charge in [0.25, 0.3) is 5.91 Å². The number of para-hydroxylation sites is 1.